The van der Waals surface area contributed by atoms with E-state index in [-0.39, 0.29) is 11.5 Å². The number of ether oxygens (including phenoxy) is 2. The van der Waals surface area contributed by atoms with Crippen molar-refractivity contribution in [2.45, 2.75) is 45.4 Å². The van der Waals surface area contributed by atoms with Crippen molar-refractivity contribution in [2.24, 2.45) is 0 Å². The van der Waals surface area contributed by atoms with Gasteiger partial charge >= 0.3 is 0 Å². The molecule has 0 unspecified atom stereocenters. The SMILES string of the molecule is CCCn1cnc2sc(C(=O)N3CCC4(CC3)OCCO4)c(C)c2c1=O. The molecule has 1 amide bonds. The van der Waals surface area contributed by atoms with Crippen molar-refractivity contribution in [1.82, 2.24) is 14.5 Å². The maximum Gasteiger partial charge on any atom is 0.264 e. The second-order valence-electron chi connectivity index (χ2n) is 6.88. The summed E-state index contributed by atoms with van der Waals surface area (Å²) in [7, 11) is 0. The van der Waals surface area contributed by atoms with Gasteiger partial charge in [0.2, 0.25) is 0 Å². The Balaban J connectivity index is 1.60. The highest BCUT2D eigenvalue weighted by Gasteiger charge is 2.41. The second-order valence-corrected chi connectivity index (χ2v) is 7.88. The van der Waals surface area contributed by atoms with Gasteiger partial charge in [-0.3, -0.25) is 14.2 Å². The highest BCUT2D eigenvalue weighted by atomic mass is 32.1. The summed E-state index contributed by atoms with van der Waals surface area (Å²) in [5.74, 6) is -0.527. The zero-order valence-corrected chi connectivity index (χ0v) is 15.9. The van der Waals surface area contributed by atoms with E-state index in [0.717, 1.165) is 12.0 Å². The third-order valence-corrected chi connectivity index (χ3v) is 6.39. The minimum absolute atomic E-state index is 0.0280. The summed E-state index contributed by atoms with van der Waals surface area (Å²) in [5.41, 5.74) is 0.682. The molecule has 2 saturated heterocycles. The van der Waals surface area contributed by atoms with E-state index in [9.17, 15) is 9.59 Å². The quantitative estimate of drug-likeness (QED) is 0.819. The highest BCUT2D eigenvalue weighted by Crippen LogP contribution is 2.33. The first-order valence-electron chi connectivity index (χ1n) is 9.10. The molecule has 4 rings (SSSR count). The van der Waals surface area contributed by atoms with Crippen LogP contribution < -0.4 is 5.56 Å². The maximum atomic E-state index is 13.0. The minimum atomic E-state index is -0.499. The van der Waals surface area contributed by atoms with Crippen molar-refractivity contribution in [2.75, 3.05) is 26.3 Å². The van der Waals surface area contributed by atoms with Crippen molar-refractivity contribution in [1.29, 1.82) is 0 Å². The van der Waals surface area contributed by atoms with Crippen LogP contribution in [0, 0.1) is 6.92 Å². The largest absolute Gasteiger partial charge is 0.347 e. The number of likely N-dealkylation sites (tertiary alicyclic amines) is 1. The van der Waals surface area contributed by atoms with Gasteiger partial charge in [-0.25, -0.2) is 4.98 Å². The average molecular weight is 377 g/mol. The number of nitrogens with zero attached hydrogens (tertiary/aromatic N) is 3. The van der Waals surface area contributed by atoms with Crippen LogP contribution in [0.4, 0.5) is 0 Å². The lowest BCUT2D eigenvalue weighted by Crippen LogP contribution is -2.47. The van der Waals surface area contributed by atoms with E-state index in [1.807, 2.05) is 18.7 Å². The van der Waals surface area contributed by atoms with Gasteiger partial charge in [0, 0.05) is 32.5 Å². The monoisotopic (exact) mass is 377 g/mol. The van der Waals surface area contributed by atoms with Gasteiger partial charge in [-0.05, 0) is 18.9 Å². The molecule has 4 heterocycles. The zero-order chi connectivity index (χ0) is 18.3. The number of carbonyl (C=O) groups excluding carboxylic acids is 1. The van der Waals surface area contributed by atoms with E-state index in [0.29, 0.717) is 60.8 Å². The van der Waals surface area contributed by atoms with Gasteiger partial charge in [-0.1, -0.05) is 6.92 Å². The van der Waals surface area contributed by atoms with Crippen LogP contribution in [-0.2, 0) is 16.0 Å². The van der Waals surface area contributed by atoms with E-state index in [1.165, 1.54) is 11.3 Å². The molecule has 0 atom stereocenters. The number of piperidine rings is 1. The predicted octanol–water partition coefficient (Wildman–Crippen LogP) is 2.16. The molecule has 2 aromatic rings. The van der Waals surface area contributed by atoms with E-state index in [2.05, 4.69) is 4.98 Å². The lowest BCUT2D eigenvalue weighted by molar-refractivity contribution is -0.181. The third kappa shape index (κ3) is 2.86. The first kappa shape index (κ1) is 17.6. The first-order chi connectivity index (χ1) is 12.5. The Labute approximate surface area is 155 Å². The molecule has 7 nitrogen and oxygen atoms in total. The molecule has 0 aromatic carbocycles. The van der Waals surface area contributed by atoms with Crippen molar-refractivity contribution in [3.05, 3.63) is 27.1 Å². The first-order valence-corrected chi connectivity index (χ1v) is 9.92. The number of fused-ring (bicyclic) bond motifs is 1. The highest BCUT2D eigenvalue weighted by molar-refractivity contribution is 7.20. The number of carbonyl (C=O) groups is 1. The maximum absolute atomic E-state index is 13.0. The molecule has 2 fully saturated rings. The number of amides is 1. The third-order valence-electron chi connectivity index (χ3n) is 5.20. The summed E-state index contributed by atoms with van der Waals surface area (Å²) < 4.78 is 13.1. The number of hydrogen-bond acceptors (Lipinski definition) is 6. The summed E-state index contributed by atoms with van der Waals surface area (Å²) in [5, 5.41) is 0.574. The number of hydrogen-bond donors (Lipinski definition) is 0. The molecular weight excluding hydrogens is 354 g/mol. The van der Waals surface area contributed by atoms with Crippen LogP contribution in [0.5, 0.6) is 0 Å². The van der Waals surface area contributed by atoms with Crippen LogP contribution in [0.2, 0.25) is 0 Å². The Morgan fingerprint density at radius 1 is 1.31 bits per heavy atom. The Morgan fingerprint density at radius 2 is 2.00 bits per heavy atom. The Kier molecular flexibility index (Phi) is 4.58. The molecular formula is C18H23N3O4S. The van der Waals surface area contributed by atoms with Crippen LogP contribution in [-0.4, -0.2) is 52.4 Å². The van der Waals surface area contributed by atoms with Gasteiger partial charge in [0.15, 0.2) is 5.79 Å². The lowest BCUT2D eigenvalue weighted by Gasteiger charge is -2.37. The van der Waals surface area contributed by atoms with Gasteiger partial charge in [0.1, 0.15) is 4.83 Å². The van der Waals surface area contributed by atoms with Crippen LogP contribution in [0.3, 0.4) is 0 Å². The molecule has 0 radical (unpaired) electrons. The van der Waals surface area contributed by atoms with Crippen LogP contribution in [0.15, 0.2) is 11.1 Å². The van der Waals surface area contributed by atoms with Crippen molar-refractivity contribution in [3.8, 4) is 0 Å². The van der Waals surface area contributed by atoms with Gasteiger partial charge < -0.3 is 14.4 Å². The number of aryl methyl sites for hydroxylation is 2. The zero-order valence-electron chi connectivity index (χ0n) is 15.1. The molecule has 0 N–H and O–H groups in total. The normalized spacial score (nSPS) is 19.5. The van der Waals surface area contributed by atoms with Crippen LogP contribution >= 0.6 is 11.3 Å². The number of rotatable bonds is 3. The summed E-state index contributed by atoms with van der Waals surface area (Å²) in [4.78, 5) is 33.2. The molecule has 0 saturated carbocycles. The fourth-order valence-corrected chi connectivity index (χ4v) is 4.85. The smallest absolute Gasteiger partial charge is 0.264 e. The summed E-state index contributed by atoms with van der Waals surface area (Å²) >= 11 is 1.31. The van der Waals surface area contributed by atoms with Gasteiger partial charge in [-0.15, -0.1) is 11.3 Å². The molecule has 2 aromatic heterocycles. The topological polar surface area (TPSA) is 73.7 Å². The van der Waals surface area contributed by atoms with Gasteiger partial charge in [-0.2, -0.15) is 0 Å². The van der Waals surface area contributed by atoms with Crippen LogP contribution in [0.25, 0.3) is 10.2 Å². The predicted molar refractivity (Wildman–Crippen MR) is 98.7 cm³/mol. The summed E-state index contributed by atoms with van der Waals surface area (Å²) in [6.07, 6.45) is 3.81. The Morgan fingerprint density at radius 3 is 2.65 bits per heavy atom. The van der Waals surface area contributed by atoms with E-state index >= 15 is 0 Å². The molecule has 0 bridgehead atoms. The van der Waals surface area contributed by atoms with Crippen molar-refractivity contribution in [3.63, 3.8) is 0 Å². The molecule has 8 heteroatoms. The van der Waals surface area contributed by atoms with E-state index < -0.39 is 5.79 Å². The van der Waals surface area contributed by atoms with Crippen molar-refractivity contribution >= 4 is 27.5 Å². The molecule has 0 aliphatic carbocycles. The Hall–Kier alpha value is -1.77. The molecule has 26 heavy (non-hydrogen) atoms. The van der Waals surface area contributed by atoms with Crippen molar-refractivity contribution < 1.29 is 14.3 Å². The van der Waals surface area contributed by atoms with Gasteiger partial charge in [0.25, 0.3) is 11.5 Å². The fraction of sp³-hybridized carbons (Fsp3) is 0.611. The van der Waals surface area contributed by atoms with Crippen LogP contribution in [0.1, 0.15) is 41.4 Å². The molecule has 1 spiro atoms. The number of thiophene rings is 1. The molecule has 2 aliphatic heterocycles. The molecule has 140 valence electrons. The number of aromatic nitrogens is 2. The standard InChI is InChI=1S/C18H23N3O4S/c1-3-6-21-11-19-15-13(16(21)22)12(2)14(26-15)17(23)20-7-4-18(5-8-20)24-9-10-25-18/h11H,3-10H2,1-2H3. The fourth-order valence-electron chi connectivity index (χ4n) is 3.74. The molecule has 2 aliphatic rings. The summed E-state index contributed by atoms with van der Waals surface area (Å²) in [6.45, 7) is 6.94. The minimum Gasteiger partial charge on any atom is -0.347 e. The summed E-state index contributed by atoms with van der Waals surface area (Å²) in [6, 6.07) is 0. The lowest BCUT2D eigenvalue weighted by atomic mass is 10.0. The van der Waals surface area contributed by atoms with Gasteiger partial charge in [0.05, 0.1) is 29.8 Å². The van der Waals surface area contributed by atoms with E-state index in [1.54, 1.807) is 10.9 Å². The Bertz CT molecular complexity index is 888. The second kappa shape index (κ2) is 6.75. The average Bonchev–Trinajstić information content (AvgIpc) is 3.23. The van der Waals surface area contributed by atoms with E-state index in [4.69, 9.17) is 9.47 Å².